The Labute approximate surface area is 273 Å². The van der Waals surface area contributed by atoms with E-state index in [1.807, 2.05) is 12.1 Å². The fraction of sp³-hybridized carbons (Fsp3) is 0.302. The molecule has 1 saturated carbocycles. The van der Waals surface area contributed by atoms with Gasteiger partial charge in [0, 0.05) is 28.5 Å². The van der Waals surface area contributed by atoms with Gasteiger partial charge < -0.3 is 4.42 Å². The van der Waals surface area contributed by atoms with Gasteiger partial charge in [0.15, 0.2) is 6.20 Å². The Morgan fingerprint density at radius 2 is 1.48 bits per heavy atom. The molecule has 1 aliphatic carbocycles. The molecule has 0 atom stereocenters. The Balaban J connectivity index is 1.34. The summed E-state index contributed by atoms with van der Waals surface area (Å²) in [5, 5.41) is 12.3. The Hall–Kier alpha value is -4.68. The van der Waals surface area contributed by atoms with Crippen molar-refractivity contribution in [2.75, 3.05) is 0 Å². The molecular weight excluding hydrogens is 560 g/mol. The highest BCUT2D eigenvalue weighted by molar-refractivity contribution is 6.14. The molecule has 2 aromatic heterocycles. The third kappa shape index (κ3) is 5.62. The van der Waals surface area contributed by atoms with Crippen LogP contribution >= 0.6 is 0 Å². The van der Waals surface area contributed by atoms with E-state index < -0.39 is 0 Å². The number of nitriles is 1. The van der Waals surface area contributed by atoms with E-state index in [0.29, 0.717) is 11.5 Å². The molecule has 4 aromatic carbocycles. The molecule has 230 valence electrons. The number of hydrogen-bond acceptors (Lipinski definition) is 2. The Morgan fingerprint density at radius 1 is 0.783 bits per heavy atom. The lowest BCUT2D eigenvalue weighted by atomic mass is 9.83. The van der Waals surface area contributed by atoms with Gasteiger partial charge in [-0.2, -0.15) is 5.26 Å². The van der Waals surface area contributed by atoms with Crippen molar-refractivity contribution >= 4 is 21.9 Å². The number of hydrogen-bond donors (Lipinski definition) is 0. The number of fused-ring (bicyclic) bond motifs is 3. The first kappa shape index (κ1) is 30.0. The van der Waals surface area contributed by atoms with E-state index in [9.17, 15) is 5.26 Å². The summed E-state index contributed by atoms with van der Waals surface area (Å²) in [5.74, 6) is 0.675. The highest BCUT2D eigenvalue weighted by Gasteiger charge is 2.24. The van der Waals surface area contributed by atoms with Gasteiger partial charge in [0.2, 0.25) is 5.69 Å². The van der Waals surface area contributed by atoms with Crippen LogP contribution in [0.5, 0.6) is 0 Å². The fourth-order valence-corrected chi connectivity index (χ4v) is 7.52. The van der Waals surface area contributed by atoms with Crippen molar-refractivity contribution in [2.24, 2.45) is 12.5 Å². The second-order valence-electron chi connectivity index (χ2n) is 14.5. The number of furan rings is 1. The van der Waals surface area contributed by atoms with Gasteiger partial charge in [-0.15, -0.1) is 0 Å². The second-order valence-corrected chi connectivity index (χ2v) is 14.5. The van der Waals surface area contributed by atoms with Crippen LogP contribution in [0.3, 0.4) is 0 Å². The number of pyridine rings is 1. The molecule has 46 heavy (non-hydrogen) atoms. The Morgan fingerprint density at radius 3 is 2.20 bits per heavy atom. The van der Waals surface area contributed by atoms with Crippen LogP contribution in [-0.2, 0) is 13.5 Å². The van der Waals surface area contributed by atoms with Crippen LogP contribution < -0.4 is 4.57 Å². The number of aromatic nitrogens is 1. The molecule has 2 heterocycles. The predicted molar refractivity (Wildman–Crippen MR) is 190 cm³/mol. The van der Waals surface area contributed by atoms with Crippen LogP contribution in [0, 0.1) is 23.7 Å². The average Bonchev–Trinajstić information content (AvgIpc) is 3.44. The lowest BCUT2D eigenvalue weighted by Gasteiger charge is -2.22. The minimum Gasteiger partial charge on any atom is -0.454 e. The smallest absolute Gasteiger partial charge is 0.216 e. The SMILES string of the molecule is Cc1ccc2c(oc3c(-c4ccc(-c5cccc(C6CCCCC6)c5)cc4)c(C#N)ccc32)c1-c1cc(CC(C)(C)C)cc[n+]1C. The minimum absolute atomic E-state index is 0.188. The molecule has 0 aliphatic heterocycles. The summed E-state index contributed by atoms with van der Waals surface area (Å²) in [6, 6.07) is 33.1. The van der Waals surface area contributed by atoms with E-state index in [1.165, 1.54) is 54.4 Å². The molecule has 6 aromatic rings. The third-order valence-corrected chi connectivity index (χ3v) is 9.81. The minimum atomic E-state index is 0.188. The van der Waals surface area contributed by atoms with E-state index in [0.717, 1.165) is 56.3 Å². The van der Waals surface area contributed by atoms with Crippen molar-refractivity contribution < 1.29 is 8.98 Å². The van der Waals surface area contributed by atoms with Gasteiger partial charge in [0.05, 0.1) is 17.2 Å². The Bertz CT molecular complexity index is 2110. The maximum Gasteiger partial charge on any atom is 0.216 e. The molecule has 0 saturated heterocycles. The molecule has 0 amide bonds. The largest absolute Gasteiger partial charge is 0.454 e. The highest BCUT2D eigenvalue weighted by Crippen LogP contribution is 2.42. The van der Waals surface area contributed by atoms with Crippen molar-refractivity contribution in [1.82, 2.24) is 0 Å². The van der Waals surface area contributed by atoms with Gasteiger partial charge in [0.1, 0.15) is 18.2 Å². The van der Waals surface area contributed by atoms with Crippen molar-refractivity contribution in [2.45, 2.75) is 72.1 Å². The first-order chi connectivity index (χ1) is 22.2. The van der Waals surface area contributed by atoms with Gasteiger partial charge in [0.25, 0.3) is 0 Å². The number of aryl methyl sites for hydroxylation is 2. The zero-order valence-corrected chi connectivity index (χ0v) is 27.8. The lowest BCUT2D eigenvalue weighted by Crippen LogP contribution is -2.31. The second kappa shape index (κ2) is 11.9. The summed E-state index contributed by atoms with van der Waals surface area (Å²) in [6.07, 6.45) is 9.77. The molecule has 0 radical (unpaired) electrons. The first-order valence-corrected chi connectivity index (χ1v) is 16.8. The number of nitrogens with zero attached hydrogens (tertiary/aromatic N) is 2. The molecule has 0 unspecified atom stereocenters. The van der Waals surface area contributed by atoms with Gasteiger partial charge in [-0.1, -0.05) is 101 Å². The van der Waals surface area contributed by atoms with Crippen molar-refractivity contribution in [3.8, 4) is 39.6 Å². The van der Waals surface area contributed by atoms with E-state index in [2.05, 4.69) is 124 Å². The third-order valence-electron chi connectivity index (χ3n) is 9.81. The summed E-state index contributed by atoms with van der Waals surface area (Å²) in [7, 11) is 2.10. The maximum atomic E-state index is 10.2. The van der Waals surface area contributed by atoms with Gasteiger partial charge in [-0.3, -0.25) is 0 Å². The molecule has 0 spiro atoms. The van der Waals surface area contributed by atoms with Gasteiger partial charge in [-0.25, -0.2) is 4.57 Å². The molecule has 3 heteroatoms. The van der Waals surface area contributed by atoms with Crippen LogP contribution in [0.4, 0.5) is 0 Å². The summed E-state index contributed by atoms with van der Waals surface area (Å²) in [6.45, 7) is 8.99. The predicted octanol–water partition coefficient (Wildman–Crippen LogP) is 11.2. The molecule has 0 bridgehead atoms. The van der Waals surface area contributed by atoms with Crippen molar-refractivity contribution in [3.05, 3.63) is 113 Å². The van der Waals surface area contributed by atoms with Crippen LogP contribution in [0.15, 0.2) is 95.5 Å². The van der Waals surface area contributed by atoms with Crippen molar-refractivity contribution in [3.63, 3.8) is 0 Å². The topological polar surface area (TPSA) is 40.8 Å². The quantitative estimate of drug-likeness (QED) is 0.184. The van der Waals surface area contributed by atoms with E-state index in [4.69, 9.17) is 4.42 Å². The van der Waals surface area contributed by atoms with E-state index in [-0.39, 0.29) is 5.41 Å². The summed E-state index contributed by atoms with van der Waals surface area (Å²) in [5.41, 5.74) is 12.9. The lowest BCUT2D eigenvalue weighted by molar-refractivity contribution is -0.660. The normalized spacial score (nSPS) is 14.2. The zero-order chi connectivity index (χ0) is 32.0. The molecule has 3 nitrogen and oxygen atoms in total. The molecule has 7 rings (SSSR count). The number of benzene rings is 4. The Kier molecular flexibility index (Phi) is 7.77. The van der Waals surface area contributed by atoms with Crippen molar-refractivity contribution in [1.29, 1.82) is 5.26 Å². The fourth-order valence-electron chi connectivity index (χ4n) is 7.52. The van der Waals surface area contributed by atoms with E-state index in [1.54, 1.807) is 0 Å². The monoisotopic (exact) mass is 603 g/mol. The summed E-state index contributed by atoms with van der Waals surface area (Å²) >= 11 is 0. The maximum absolute atomic E-state index is 10.2. The summed E-state index contributed by atoms with van der Waals surface area (Å²) < 4.78 is 9.06. The van der Waals surface area contributed by atoms with Gasteiger partial charge >= 0.3 is 0 Å². The van der Waals surface area contributed by atoms with Crippen LogP contribution in [0.1, 0.15) is 81.0 Å². The van der Waals surface area contributed by atoms with Crippen LogP contribution in [0.25, 0.3) is 55.4 Å². The molecule has 0 N–H and O–H groups in total. The van der Waals surface area contributed by atoms with E-state index >= 15 is 0 Å². The molecular formula is C43H43N2O+. The van der Waals surface area contributed by atoms with Crippen LogP contribution in [0.2, 0.25) is 0 Å². The standard InChI is InChI=1S/C43H43N2O/c1-28-14-20-36-37-21-19-35(27-44)40(42(37)46-41(36)39(28)38-24-29(22-23-45(38)5)26-43(2,3)4)32-17-15-31(16-18-32)34-13-9-12-33(25-34)30-10-7-6-8-11-30/h9,12-25,30H,6-8,10-11,26H2,1-5H3/q+1. The summed E-state index contributed by atoms with van der Waals surface area (Å²) in [4.78, 5) is 0. The van der Waals surface area contributed by atoms with Crippen LogP contribution in [-0.4, -0.2) is 0 Å². The zero-order valence-electron chi connectivity index (χ0n) is 27.8. The van der Waals surface area contributed by atoms with Gasteiger partial charge in [-0.05, 0) is 83.0 Å². The molecule has 1 aliphatic rings. The first-order valence-electron chi connectivity index (χ1n) is 16.8. The molecule has 1 fully saturated rings. The average molecular weight is 604 g/mol. The highest BCUT2D eigenvalue weighted by atomic mass is 16.3. The number of rotatable bonds is 5.